The van der Waals surface area contributed by atoms with Gasteiger partial charge in [-0.05, 0) is 41.2 Å². The molecule has 1 aliphatic rings. The van der Waals surface area contributed by atoms with E-state index < -0.39 is 42.5 Å². The molecule has 0 aliphatic heterocycles. The van der Waals surface area contributed by atoms with E-state index in [1.54, 1.807) is 12.1 Å². The number of aryl methyl sites for hydroxylation is 1. The number of aliphatic hydroxyl groups excluding tert-OH is 4. The Morgan fingerprint density at radius 3 is 2.17 bits per heavy atom. The third-order valence-electron chi connectivity index (χ3n) is 5.91. The smallest absolute Gasteiger partial charge is 0.121 e. The lowest BCUT2D eigenvalue weighted by Gasteiger charge is -2.49. The summed E-state index contributed by atoms with van der Waals surface area (Å²) in [6, 6.07) is 12.7. The summed E-state index contributed by atoms with van der Waals surface area (Å²) in [6.07, 6.45) is -4.54. The summed E-state index contributed by atoms with van der Waals surface area (Å²) in [4.78, 5) is 0. The maximum atomic E-state index is 11.2. The molecule has 0 radical (unpaired) electrons. The van der Waals surface area contributed by atoms with Gasteiger partial charge in [-0.15, -0.1) is 0 Å². The van der Waals surface area contributed by atoms with Crippen LogP contribution in [-0.2, 0) is 18.4 Å². The number of hydrogen-bond donors (Lipinski definition) is 6. The highest BCUT2D eigenvalue weighted by Crippen LogP contribution is 2.43. The van der Waals surface area contributed by atoms with Crippen molar-refractivity contribution >= 4 is 11.6 Å². The number of halogens is 1. The lowest BCUT2D eigenvalue weighted by Crippen LogP contribution is -2.67. The van der Waals surface area contributed by atoms with Crippen LogP contribution in [0.2, 0.25) is 5.02 Å². The molecule has 0 bridgehead atoms. The van der Waals surface area contributed by atoms with E-state index in [1.807, 2.05) is 24.3 Å². The number of hydrogen-bond acceptors (Lipinski definition) is 6. The molecule has 1 saturated carbocycles. The van der Waals surface area contributed by atoms with Gasteiger partial charge in [-0.1, -0.05) is 54.9 Å². The van der Waals surface area contributed by atoms with Crippen molar-refractivity contribution in [2.24, 2.45) is 0 Å². The second-order valence-corrected chi connectivity index (χ2v) is 8.30. The summed E-state index contributed by atoms with van der Waals surface area (Å²) in [5.41, 5.74) is -1.09. The first-order valence-corrected chi connectivity index (χ1v) is 9.99. The van der Waals surface area contributed by atoms with Crippen molar-refractivity contribution in [3.63, 3.8) is 0 Å². The molecule has 0 aromatic heterocycles. The number of aliphatic hydroxyl groups is 6. The second kappa shape index (κ2) is 8.32. The van der Waals surface area contributed by atoms with Crippen LogP contribution in [0.4, 0.5) is 0 Å². The topological polar surface area (TPSA) is 121 Å². The zero-order chi connectivity index (χ0) is 21.4. The van der Waals surface area contributed by atoms with E-state index in [2.05, 4.69) is 6.92 Å². The van der Waals surface area contributed by atoms with Gasteiger partial charge in [0.15, 0.2) is 0 Å². The summed E-state index contributed by atoms with van der Waals surface area (Å²) >= 11 is 6.34. The summed E-state index contributed by atoms with van der Waals surface area (Å²) in [6.45, 7) is 1.19. The Morgan fingerprint density at radius 2 is 1.59 bits per heavy atom. The molecule has 0 spiro atoms. The van der Waals surface area contributed by atoms with Crippen LogP contribution in [0.1, 0.15) is 35.6 Å². The van der Waals surface area contributed by atoms with Crippen LogP contribution in [0, 0.1) is 0 Å². The van der Waals surface area contributed by atoms with Crippen LogP contribution >= 0.6 is 11.6 Å². The Kier molecular flexibility index (Phi) is 6.36. The Bertz CT molecular complexity index is 857. The summed E-state index contributed by atoms with van der Waals surface area (Å²) in [5, 5.41) is 62.3. The lowest BCUT2D eigenvalue weighted by molar-refractivity contribution is -0.265. The highest BCUT2D eigenvalue weighted by molar-refractivity contribution is 6.31. The van der Waals surface area contributed by atoms with E-state index in [-0.39, 0.29) is 5.56 Å². The SMILES string of the molecule is CCc1ccc(Cc2cc([C@]3(O)C[C@](O)(CO)[C@@H](O)[C@H](O)[C@H]3O)ccc2Cl)cc1. The molecule has 29 heavy (non-hydrogen) atoms. The van der Waals surface area contributed by atoms with Gasteiger partial charge in [-0.2, -0.15) is 0 Å². The highest BCUT2D eigenvalue weighted by Gasteiger charge is 2.58. The third kappa shape index (κ3) is 4.07. The largest absolute Gasteiger partial charge is 0.393 e. The minimum Gasteiger partial charge on any atom is -0.393 e. The molecule has 0 heterocycles. The molecular formula is C22H27ClO6. The van der Waals surface area contributed by atoms with Crippen LogP contribution in [0.15, 0.2) is 42.5 Å². The summed E-state index contributed by atoms with van der Waals surface area (Å²) in [5.74, 6) is 0. The number of benzene rings is 2. The van der Waals surface area contributed by atoms with Gasteiger partial charge >= 0.3 is 0 Å². The zero-order valence-corrected chi connectivity index (χ0v) is 16.9. The van der Waals surface area contributed by atoms with Gasteiger partial charge in [0.1, 0.15) is 29.5 Å². The van der Waals surface area contributed by atoms with Crippen molar-refractivity contribution in [2.45, 2.75) is 55.7 Å². The molecule has 7 heteroatoms. The molecular weight excluding hydrogens is 396 g/mol. The van der Waals surface area contributed by atoms with E-state index in [1.165, 1.54) is 11.6 Å². The van der Waals surface area contributed by atoms with Crippen LogP contribution in [0.25, 0.3) is 0 Å². The Balaban J connectivity index is 1.96. The van der Waals surface area contributed by atoms with Gasteiger partial charge in [-0.25, -0.2) is 0 Å². The van der Waals surface area contributed by atoms with Crippen molar-refractivity contribution in [1.82, 2.24) is 0 Å². The van der Waals surface area contributed by atoms with E-state index >= 15 is 0 Å². The molecule has 5 atom stereocenters. The minimum atomic E-state index is -2.16. The Hall–Kier alpha value is -1.51. The second-order valence-electron chi connectivity index (χ2n) is 7.90. The van der Waals surface area contributed by atoms with Crippen LogP contribution in [0.5, 0.6) is 0 Å². The first-order chi connectivity index (χ1) is 13.6. The van der Waals surface area contributed by atoms with Crippen LogP contribution in [0.3, 0.4) is 0 Å². The Labute approximate surface area is 174 Å². The molecule has 6 nitrogen and oxygen atoms in total. The van der Waals surface area contributed by atoms with Crippen LogP contribution < -0.4 is 0 Å². The van der Waals surface area contributed by atoms with E-state index in [9.17, 15) is 30.6 Å². The summed E-state index contributed by atoms with van der Waals surface area (Å²) < 4.78 is 0. The van der Waals surface area contributed by atoms with Gasteiger partial charge in [-0.3, -0.25) is 0 Å². The molecule has 0 amide bonds. The van der Waals surface area contributed by atoms with Crippen molar-refractivity contribution in [3.05, 3.63) is 69.7 Å². The molecule has 0 saturated heterocycles. The van der Waals surface area contributed by atoms with E-state index in [4.69, 9.17) is 11.6 Å². The third-order valence-corrected chi connectivity index (χ3v) is 6.28. The average molecular weight is 423 g/mol. The average Bonchev–Trinajstić information content (AvgIpc) is 2.73. The van der Waals surface area contributed by atoms with Gasteiger partial charge in [0, 0.05) is 11.4 Å². The fourth-order valence-electron chi connectivity index (χ4n) is 3.96. The minimum absolute atomic E-state index is 0.229. The van der Waals surface area contributed by atoms with Crippen molar-refractivity contribution in [2.75, 3.05) is 6.61 Å². The van der Waals surface area contributed by atoms with Gasteiger partial charge in [0.25, 0.3) is 0 Å². The first-order valence-electron chi connectivity index (χ1n) is 9.61. The maximum Gasteiger partial charge on any atom is 0.121 e. The van der Waals surface area contributed by atoms with E-state index in [0.29, 0.717) is 17.0 Å². The van der Waals surface area contributed by atoms with Crippen molar-refractivity contribution in [1.29, 1.82) is 0 Å². The van der Waals surface area contributed by atoms with Gasteiger partial charge in [0.05, 0.1) is 6.61 Å². The normalized spacial score (nSPS) is 32.3. The quantitative estimate of drug-likeness (QED) is 0.425. The fourth-order valence-corrected chi connectivity index (χ4v) is 4.15. The van der Waals surface area contributed by atoms with Crippen molar-refractivity contribution < 1.29 is 30.6 Å². The summed E-state index contributed by atoms with van der Waals surface area (Å²) in [7, 11) is 0. The molecule has 3 rings (SSSR count). The van der Waals surface area contributed by atoms with E-state index in [0.717, 1.165) is 12.0 Å². The molecule has 2 aromatic rings. The Morgan fingerprint density at radius 1 is 0.966 bits per heavy atom. The predicted molar refractivity (Wildman–Crippen MR) is 109 cm³/mol. The predicted octanol–water partition coefficient (Wildman–Crippen LogP) is 0.891. The molecule has 0 unspecified atom stereocenters. The molecule has 6 N–H and O–H groups in total. The fraction of sp³-hybridized carbons (Fsp3) is 0.455. The maximum absolute atomic E-state index is 11.2. The molecule has 158 valence electrons. The standard InChI is InChI=1S/C22H27ClO6/c1-2-13-3-5-14(6-4-13)9-15-10-16(7-8-17(15)23)22(29)11-21(28,12-24)19(26)18(25)20(22)27/h3-8,10,18-20,24-29H,2,9,11-12H2,1H3/t18-,19-,20+,21-,22+/m0/s1. The first kappa shape index (κ1) is 22.2. The monoisotopic (exact) mass is 422 g/mol. The highest BCUT2D eigenvalue weighted by atomic mass is 35.5. The van der Waals surface area contributed by atoms with Gasteiger partial charge < -0.3 is 30.6 Å². The zero-order valence-electron chi connectivity index (χ0n) is 16.2. The van der Waals surface area contributed by atoms with Gasteiger partial charge in [0.2, 0.25) is 0 Å². The number of rotatable bonds is 5. The molecule has 1 aliphatic carbocycles. The lowest BCUT2D eigenvalue weighted by atomic mass is 9.67. The van der Waals surface area contributed by atoms with Crippen molar-refractivity contribution in [3.8, 4) is 0 Å². The molecule has 1 fully saturated rings. The van der Waals surface area contributed by atoms with Crippen LogP contribution in [-0.4, -0.2) is 61.2 Å². The molecule has 2 aromatic carbocycles.